The van der Waals surface area contributed by atoms with Gasteiger partial charge in [-0.2, -0.15) is 0 Å². The van der Waals surface area contributed by atoms with E-state index in [9.17, 15) is 4.79 Å². The molecule has 0 saturated carbocycles. The largest absolute Gasteiger partial charge is 0.497 e. The SMILES string of the molecule is COc1cccc(CN(C)C(=O)c2ccc(Cl)c(Br)c2)c1. The number of benzene rings is 2. The van der Waals surface area contributed by atoms with Crippen LogP contribution in [0.1, 0.15) is 15.9 Å². The van der Waals surface area contributed by atoms with Gasteiger partial charge in [-0.05, 0) is 51.8 Å². The van der Waals surface area contributed by atoms with Gasteiger partial charge < -0.3 is 9.64 Å². The molecule has 0 bridgehead atoms. The van der Waals surface area contributed by atoms with Gasteiger partial charge in [-0.3, -0.25) is 4.79 Å². The molecule has 0 aliphatic heterocycles. The molecule has 0 unspecified atom stereocenters. The summed E-state index contributed by atoms with van der Waals surface area (Å²) in [5.41, 5.74) is 1.61. The average Bonchev–Trinajstić information content (AvgIpc) is 2.49. The Morgan fingerprint density at radius 2 is 2.05 bits per heavy atom. The third-order valence-electron chi connectivity index (χ3n) is 3.07. The molecule has 0 fully saturated rings. The predicted molar refractivity (Wildman–Crippen MR) is 87.9 cm³/mol. The molecule has 0 N–H and O–H groups in total. The van der Waals surface area contributed by atoms with Gasteiger partial charge in [0.2, 0.25) is 0 Å². The molecule has 2 aromatic carbocycles. The van der Waals surface area contributed by atoms with Crippen LogP contribution in [0.2, 0.25) is 5.02 Å². The molecule has 0 aromatic heterocycles. The average molecular weight is 369 g/mol. The Hall–Kier alpha value is -1.52. The van der Waals surface area contributed by atoms with E-state index in [0.29, 0.717) is 21.6 Å². The highest BCUT2D eigenvalue weighted by atomic mass is 79.9. The number of halogens is 2. The van der Waals surface area contributed by atoms with Crippen molar-refractivity contribution in [1.29, 1.82) is 0 Å². The highest BCUT2D eigenvalue weighted by Crippen LogP contribution is 2.24. The lowest BCUT2D eigenvalue weighted by Gasteiger charge is -2.18. The monoisotopic (exact) mass is 367 g/mol. The van der Waals surface area contributed by atoms with Crippen molar-refractivity contribution in [2.45, 2.75) is 6.54 Å². The van der Waals surface area contributed by atoms with E-state index in [0.717, 1.165) is 11.3 Å². The molecule has 110 valence electrons. The first-order valence-electron chi connectivity index (χ1n) is 6.34. The van der Waals surface area contributed by atoms with Crippen molar-refractivity contribution in [3.8, 4) is 5.75 Å². The van der Waals surface area contributed by atoms with Crippen LogP contribution in [-0.4, -0.2) is 25.0 Å². The van der Waals surface area contributed by atoms with E-state index in [1.165, 1.54) is 0 Å². The van der Waals surface area contributed by atoms with Gasteiger partial charge in [-0.25, -0.2) is 0 Å². The van der Waals surface area contributed by atoms with Gasteiger partial charge in [-0.1, -0.05) is 23.7 Å². The summed E-state index contributed by atoms with van der Waals surface area (Å²) in [5.74, 6) is 0.720. The summed E-state index contributed by atoms with van der Waals surface area (Å²) in [6.45, 7) is 0.510. The second-order valence-electron chi connectivity index (χ2n) is 4.64. The van der Waals surface area contributed by atoms with E-state index in [1.54, 1.807) is 37.3 Å². The third-order valence-corrected chi connectivity index (χ3v) is 4.28. The minimum atomic E-state index is -0.0600. The van der Waals surface area contributed by atoms with Gasteiger partial charge in [0.05, 0.1) is 12.1 Å². The Bertz CT molecular complexity index is 660. The maximum absolute atomic E-state index is 12.4. The van der Waals surface area contributed by atoms with E-state index >= 15 is 0 Å². The van der Waals surface area contributed by atoms with Crippen LogP contribution < -0.4 is 4.74 Å². The Labute approximate surface area is 137 Å². The van der Waals surface area contributed by atoms with Gasteiger partial charge >= 0.3 is 0 Å². The summed E-state index contributed by atoms with van der Waals surface area (Å²) in [4.78, 5) is 14.1. The van der Waals surface area contributed by atoms with E-state index in [4.69, 9.17) is 16.3 Å². The number of ether oxygens (including phenoxy) is 1. The van der Waals surface area contributed by atoms with Crippen LogP contribution >= 0.6 is 27.5 Å². The normalized spacial score (nSPS) is 10.3. The van der Waals surface area contributed by atoms with Crippen LogP contribution in [0.4, 0.5) is 0 Å². The lowest BCUT2D eigenvalue weighted by Crippen LogP contribution is -2.26. The van der Waals surface area contributed by atoms with Crippen molar-refractivity contribution in [3.63, 3.8) is 0 Å². The molecule has 0 aliphatic rings. The molecular formula is C16H15BrClNO2. The van der Waals surface area contributed by atoms with Crippen LogP contribution in [-0.2, 0) is 6.54 Å². The van der Waals surface area contributed by atoms with E-state index in [2.05, 4.69) is 15.9 Å². The molecule has 3 nitrogen and oxygen atoms in total. The summed E-state index contributed by atoms with van der Waals surface area (Å²) >= 11 is 9.27. The maximum Gasteiger partial charge on any atom is 0.253 e. The highest BCUT2D eigenvalue weighted by Gasteiger charge is 2.13. The van der Waals surface area contributed by atoms with Crippen molar-refractivity contribution in [2.24, 2.45) is 0 Å². The molecular weight excluding hydrogens is 354 g/mol. The van der Waals surface area contributed by atoms with Crippen molar-refractivity contribution in [2.75, 3.05) is 14.2 Å². The molecule has 0 heterocycles. The number of carbonyl (C=O) groups is 1. The van der Waals surface area contributed by atoms with Crippen molar-refractivity contribution < 1.29 is 9.53 Å². The van der Waals surface area contributed by atoms with E-state index in [1.807, 2.05) is 24.3 Å². The molecule has 2 aromatic rings. The minimum absolute atomic E-state index is 0.0600. The molecule has 21 heavy (non-hydrogen) atoms. The molecule has 5 heteroatoms. The predicted octanol–water partition coefficient (Wildman–Crippen LogP) is 4.38. The van der Waals surface area contributed by atoms with Crippen LogP contribution in [0, 0.1) is 0 Å². The number of nitrogens with zero attached hydrogens (tertiary/aromatic N) is 1. The molecule has 0 aliphatic carbocycles. The molecule has 0 saturated heterocycles. The zero-order valence-electron chi connectivity index (χ0n) is 11.8. The van der Waals surface area contributed by atoms with Crippen LogP contribution in [0.15, 0.2) is 46.9 Å². The first-order valence-corrected chi connectivity index (χ1v) is 7.52. The lowest BCUT2D eigenvalue weighted by molar-refractivity contribution is 0.0785. The number of hydrogen-bond acceptors (Lipinski definition) is 2. The first-order chi connectivity index (χ1) is 10.0. The number of methoxy groups -OCH3 is 1. The standard InChI is InChI=1S/C16H15BrClNO2/c1-19(10-11-4-3-5-13(8-11)21-2)16(20)12-6-7-15(18)14(17)9-12/h3-9H,10H2,1-2H3. The maximum atomic E-state index is 12.4. The molecule has 1 amide bonds. The minimum Gasteiger partial charge on any atom is -0.497 e. The lowest BCUT2D eigenvalue weighted by atomic mass is 10.1. The second kappa shape index (κ2) is 6.96. The number of carbonyl (C=O) groups excluding carboxylic acids is 1. The fraction of sp³-hybridized carbons (Fsp3) is 0.188. The third kappa shape index (κ3) is 3.99. The zero-order valence-corrected chi connectivity index (χ0v) is 14.1. The Kier molecular flexibility index (Phi) is 5.26. The fourth-order valence-corrected chi connectivity index (χ4v) is 2.46. The van der Waals surface area contributed by atoms with Crippen LogP contribution in [0.25, 0.3) is 0 Å². The zero-order chi connectivity index (χ0) is 15.4. The van der Waals surface area contributed by atoms with Crippen molar-refractivity contribution in [1.82, 2.24) is 4.90 Å². The summed E-state index contributed by atoms with van der Waals surface area (Å²) in [6, 6.07) is 12.8. The Morgan fingerprint density at radius 3 is 2.71 bits per heavy atom. The summed E-state index contributed by atoms with van der Waals surface area (Å²) in [7, 11) is 3.39. The molecule has 0 spiro atoms. The molecule has 0 atom stereocenters. The van der Waals surface area contributed by atoms with Crippen molar-refractivity contribution in [3.05, 3.63) is 63.1 Å². The quantitative estimate of drug-likeness (QED) is 0.801. The number of rotatable bonds is 4. The van der Waals surface area contributed by atoms with E-state index in [-0.39, 0.29) is 5.91 Å². The van der Waals surface area contributed by atoms with Crippen LogP contribution in [0.5, 0.6) is 5.75 Å². The topological polar surface area (TPSA) is 29.5 Å². The van der Waals surface area contributed by atoms with Gasteiger partial charge in [0.1, 0.15) is 5.75 Å². The summed E-state index contributed by atoms with van der Waals surface area (Å²) in [6.07, 6.45) is 0. The number of amides is 1. The molecule has 2 rings (SSSR count). The van der Waals surface area contributed by atoms with Gasteiger partial charge in [0.25, 0.3) is 5.91 Å². The van der Waals surface area contributed by atoms with Gasteiger partial charge in [0, 0.05) is 23.6 Å². The van der Waals surface area contributed by atoms with Crippen LogP contribution in [0.3, 0.4) is 0 Å². The first kappa shape index (κ1) is 15.9. The number of hydrogen-bond donors (Lipinski definition) is 0. The molecule has 0 radical (unpaired) electrons. The summed E-state index contributed by atoms with van der Waals surface area (Å²) < 4.78 is 5.90. The van der Waals surface area contributed by atoms with Gasteiger partial charge in [-0.15, -0.1) is 0 Å². The second-order valence-corrected chi connectivity index (χ2v) is 5.90. The smallest absolute Gasteiger partial charge is 0.253 e. The highest BCUT2D eigenvalue weighted by molar-refractivity contribution is 9.10. The Balaban J connectivity index is 2.13. The fourth-order valence-electron chi connectivity index (χ4n) is 1.97. The Morgan fingerprint density at radius 1 is 1.29 bits per heavy atom. The van der Waals surface area contributed by atoms with Gasteiger partial charge in [0.15, 0.2) is 0 Å². The van der Waals surface area contributed by atoms with E-state index < -0.39 is 0 Å². The van der Waals surface area contributed by atoms with Crippen molar-refractivity contribution >= 4 is 33.4 Å². The summed E-state index contributed by atoms with van der Waals surface area (Å²) in [5, 5.41) is 0.585.